The van der Waals surface area contributed by atoms with Gasteiger partial charge in [-0.3, -0.25) is 10.2 Å². The van der Waals surface area contributed by atoms with Crippen molar-refractivity contribution in [2.75, 3.05) is 6.61 Å². The minimum Gasteiger partial charge on any atom is -0.494 e. The summed E-state index contributed by atoms with van der Waals surface area (Å²) in [5.41, 5.74) is 2.90. The van der Waals surface area contributed by atoms with E-state index in [9.17, 15) is 4.79 Å². The van der Waals surface area contributed by atoms with Gasteiger partial charge in [0.1, 0.15) is 5.75 Å². The van der Waals surface area contributed by atoms with Gasteiger partial charge in [-0.25, -0.2) is 5.84 Å². The lowest BCUT2D eigenvalue weighted by Gasteiger charge is -2.06. The van der Waals surface area contributed by atoms with Crippen molar-refractivity contribution in [2.24, 2.45) is 5.84 Å². The van der Waals surface area contributed by atoms with Gasteiger partial charge >= 0.3 is 0 Å². The molecule has 4 N–H and O–H groups in total. The van der Waals surface area contributed by atoms with Crippen LogP contribution in [-0.4, -0.2) is 17.6 Å². The Morgan fingerprint density at radius 1 is 1.38 bits per heavy atom. The van der Waals surface area contributed by atoms with Crippen molar-refractivity contribution in [3.63, 3.8) is 0 Å². The Morgan fingerprint density at radius 3 is 2.62 bits per heavy atom. The third-order valence-corrected chi connectivity index (χ3v) is 2.08. The molecule has 5 heteroatoms. The van der Waals surface area contributed by atoms with Gasteiger partial charge in [0.15, 0.2) is 0 Å². The molecule has 0 aliphatic heterocycles. The Hall–Kier alpha value is -1.59. The van der Waals surface area contributed by atoms with Gasteiger partial charge in [-0.1, -0.05) is 12.1 Å². The number of carbonyl (C=O) groups excluding carboxylic acids is 1. The van der Waals surface area contributed by atoms with Crippen molar-refractivity contribution in [2.45, 2.75) is 19.4 Å². The van der Waals surface area contributed by atoms with Crippen LogP contribution in [0.5, 0.6) is 5.75 Å². The van der Waals surface area contributed by atoms with Gasteiger partial charge < -0.3 is 9.84 Å². The minimum atomic E-state index is -0.195. The van der Waals surface area contributed by atoms with Crippen LogP contribution in [-0.2, 0) is 11.4 Å². The molecule has 0 aromatic heterocycles. The second-order valence-electron chi connectivity index (χ2n) is 3.32. The van der Waals surface area contributed by atoms with E-state index in [2.05, 4.69) is 5.43 Å². The summed E-state index contributed by atoms with van der Waals surface area (Å²) in [5.74, 6) is 5.47. The molecule has 1 amide bonds. The zero-order valence-corrected chi connectivity index (χ0v) is 8.98. The summed E-state index contributed by atoms with van der Waals surface area (Å²) in [6, 6.07) is 7.16. The van der Waals surface area contributed by atoms with Crippen molar-refractivity contribution in [3.8, 4) is 5.75 Å². The summed E-state index contributed by atoms with van der Waals surface area (Å²) in [7, 11) is 0. The van der Waals surface area contributed by atoms with Gasteiger partial charge in [0.2, 0.25) is 5.91 Å². The van der Waals surface area contributed by atoms with Crippen molar-refractivity contribution in [1.29, 1.82) is 0 Å². The molecular formula is C11H16N2O3. The zero-order chi connectivity index (χ0) is 11.8. The average molecular weight is 224 g/mol. The van der Waals surface area contributed by atoms with E-state index in [4.69, 9.17) is 15.7 Å². The molecule has 0 saturated carbocycles. The Labute approximate surface area is 94.2 Å². The maximum absolute atomic E-state index is 10.8. The van der Waals surface area contributed by atoms with Gasteiger partial charge in [-0.05, 0) is 24.1 Å². The second-order valence-corrected chi connectivity index (χ2v) is 3.32. The van der Waals surface area contributed by atoms with E-state index in [-0.39, 0.29) is 12.5 Å². The molecular weight excluding hydrogens is 208 g/mol. The van der Waals surface area contributed by atoms with E-state index in [1.807, 2.05) is 0 Å². The van der Waals surface area contributed by atoms with Crippen LogP contribution in [0.25, 0.3) is 0 Å². The Kier molecular flexibility index (Phi) is 5.31. The standard InChI is InChI=1S/C11H16N2O3/c12-13-11(15)2-1-7-16-10-5-3-9(8-14)4-6-10/h3-6,14H,1-2,7-8,12H2,(H,13,15). The van der Waals surface area contributed by atoms with Crippen LogP contribution in [0.3, 0.4) is 0 Å². The van der Waals surface area contributed by atoms with Crippen molar-refractivity contribution < 1.29 is 14.6 Å². The number of amides is 1. The highest BCUT2D eigenvalue weighted by Gasteiger charge is 1.99. The molecule has 0 fully saturated rings. The number of aliphatic hydroxyl groups is 1. The molecule has 0 heterocycles. The van der Waals surface area contributed by atoms with Crippen LogP contribution in [0.4, 0.5) is 0 Å². The van der Waals surface area contributed by atoms with Crippen molar-refractivity contribution in [1.82, 2.24) is 5.43 Å². The predicted molar refractivity (Wildman–Crippen MR) is 59.4 cm³/mol. The number of hydrazine groups is 1. The number of benzene rings is 1. The molecule has 16 heavy (non-hydrogen) atoms. The highest BCUT2D eigenvalue weighted by atomic mass is 16.5. The topological polar surface area (TPSA) is 84.6 Å². The second kappa shape index (κ2) is 6.81. The van der Waals surface area contributed by atoms with Gasteiger partial charge in [0.25, 0.3) is 0 Å². The van der Waals surface area contributed by atoms with Gasteiger partial charge in [-0.2, -0.15) is 0 Å². The van der Waals surface area contributed by atoms with E-state index < -0.39 is 0 Å². The quantitative estimate of drug-likeness (QED) is 0.281. The smallest absolute Gasteiger partial charge is 0.234 e. The number of carbonyl (C=O) groups is 1. The number of hydrogen-bond acceptors (Lipinski definition) is 4. The van der Waals surface area contributed by atoms with Gasteiger partial charge in [0.05, 0.1) is 13.2 Å². The predicted octanol–water partition coefficient (Wildman–Crippen LogP) is 0.328. The summed E-state index contributed by atoms with van der Waals surface area (Å²) in [4.78, 5) is 10.8. The monoisotopic (exact) mass is 224 g/mol. The van der Waals surface area contributed by atoms with E-state index in [1.54, 1.807) is 24.3 Å². The SMILES string of the molecule is NNC(=O)CCCOc1ccc(CO)cc1. The number of aliphatic hydroxyl groups excluding tert-OH is 1. The van der Waals surface area contributed by atoms with Gasteiger partial charge in [-0.15, -0.1) is 0 Å². The fraction of sp³-hybridized carbons (Fsp3) is 0.364. The van der Waals surface area contributed by atoms with Crippen LogP contribution in [0.2, 0.25) is 0 Å². The molecule has 0 atom stereocenters. The third-order valence-electron chi connectivity index (χ3n) is 2.08. The maximum atomic E-state index is 10.8. The minimum absolute atomic E-state index is 0.0248. The lowest BCUT2D eigenvalue weighted by Crippen LogP contribution is -2.29. The van der Waals surface area contributed by atoms with Gasteiger partial charge in [0, 0.05) is 6.42 Å². The normalized spacial score (nSPS) is 9.88. The molecule has 88 valence electrons. The average Bonchev–Trinajstić information content (AvgIpc) is 2.35. The highest BCUT2D eigenvalue weighted by molar-refractivity contribution is 5.75. The number of nitrogens with two attached hydrogens (primary N) is 1. The first-order valence-electron chi connectivity index (χ1n) is 5.08. The van der Waals surface area contributed by atoms with Crippen LogP contribution in [0.1, 0.15) is 18.4 Å². The van der Waals surface area contributed by atoms with Crippen LogP contribution < -0.4 is 16.0 Å². The Bertz CT molecular complexity index is 325. The molecule has 1 aromatic carbocycles. The van der Waals surface area contributed by atoms with E-state index >= 15 is 0 Å². The Morgan fingerprint density at radius 2 is 2.06 bits per heavy atom. The third kappa shape index (κ3) is 4.29. The molecule has 0 aliphatic carbocycles. The Balaban J connectivity index is 2.24. The first-order chi connectivity index (χ1) is 7.76. The zero-order valence-electron chi connectivity index (χ0n) is 8.98. The largest absolute Gasteiger partial charge is 0.494 e. The molecule has 0 radical (unpaired) electrons. The van der Waals surface area contributed by atoms with Crippen molar-refractivity contribution in [3.05, 3.63) is 29.8 Å². The molecule has 0 aliphatic rings. The number of hydrogen-bond donors (Lipinski definition) is 3. The van der Waals surface area contributed by atoms with E-state index in [1.165, 1.54) is 0 Å². The fourth-order valence-electron chi connectivity index (χ4n) is 1.19. The van der Waals surface area contributed by atoms with Crippen LogP contribution >= 0.6 is 0 Å². The first-order valence-corrected chi connectivity index (χ1v) is 5.08. The molecule has 1 rings (SSSR count). The molecule has 0 saturated heterocycles. The van der Waals surface area contributed by atoms with Crippen LogP contribution in [0, 0.1) is 0 Å². The molecule has 0 spiro atoms. The van der Waals surface area contributed by atoms with Crippen molar-refractivity contribution >= 4 is 5.91 Å². The lowest BCUT2D eigenvalue weighted by molar-refractivity contribution is -0.121. The number of nitrogens with one attached hydrogen (secondary N) is 1. The summed E-state index contributed by atoms with van der Waals surface area (Å²) in [6.07, 6.45) is 0.968. The molecule has 5 nitrogen and oxygen atoms in total. The molecule has 1 aromatic rings. The first kappa shape index (κ1) is 12.5. The summed E-state index contributed by atoms with van der Waals surface area (Å²) >= 11 is 0. The fourth-order valence-corrected chi connectivity index (χ4v) is 1.19. The molecule has 0 unspecified atom stereocenters. The van der Waals surface area contributed by atoms with E-state index in [0.29, 0.717) is 19.4 Å². The summed E-state index contributed by atoms with van der Waals surface area (Å²) in [6.45, 7) is 0.489. The number of rotatable bonds is 6. The summed E-state index contributed by atoms with van der Waals surface area (Å²) in [5, 5.41) is 8.83. The summed E-state index contributed by atoms with van der Waals surface area (Å²) < 4.78 is 5.40. The lowest BCUT2D eigenvalue weighted by atomic mass is 10.2. The maximum Gasteiger partial charge on any atom is 0.234 e. The molecule has 0 bridgehead atoms. The number of ether oxygens (including phenoxy) is 1. The van der Waals surface area contributed by atoms with E-state index in [0.717, 1.165) is 11.3 Å². The highest BCUT2D eigenvalue weighted by Crippen LogP contribution is 2.12. The van der Waals surface area contributed by atoms with Crippen LogP contribution in [0.15, 0.2) is 24.3 Å².